The molecule has 0 unspecified atom stereocenters. The molecule has 0 saturated carbocycles. The number of nitro benzene ring substituents is 1. The van der Waals surface area contributed by atoms with E-state index in [2.05, 4.69) is 36.8 Å². The summed E-state index contributed by atoms with van der Waals surface area (Å²) in [6.45, 7) is 2.72. The number of carbonyl (C=O) groups is 1. The Bertz CT molecular complexity index is 724. The lowest BCUT2D eigenvalue weighted by Gasteiger charge is -2.06. The average Bonchev–Trinajstić information content (AvgIpc) is 2.95. The minimum Gasteiger partial charge on any atom is -0.360 e. The second-order valence-electron chi connectivity index (χ2n) is 4.16. The Morgan fingerprint density at radius 1 is 1.48 bits per heavy atom. The third kappa shape index (κ3) is 5.15. The molecule has 23 heavy (non-hydrogen) atoms. The second kappa shape index (κ2) is 8.22. The number of aromatic nitrogens is 2. The number of anilines is 2. The van der Waals surface area contributed by atoms with E-state index in [0.29, 0.717) is 19.6 Å². The number of nitro groups is 1. The van der Waals surface area contributed by atoms with Gasteiger partial charge in [-0.1, -0.05) is 23.1 Å². The van der Waals surface area contributed by atoms with Gasteiger partial charge in [-0.3, -0.25) is 14.9 Å². The Hall–Kier alpha value is -1.72. The quantitative estimate of drug-likeness (QED) is 0.403. The monoisotopic (exact) mass is 417 g/mol. The van der Waals surface area contributed by atoms with E-state index in [4.69, 9.17) is 0 Å². The van der Waals surface area contributed by atoms with Crippen molar-refractivity contribution in [2.24, 2.45) is 0 Å². The third-order valence-corrected chi connectivity index (χ3v) is 5.17. The van der Waals surface area contributed by atoms with Gasteiger partial charge in [0, 0.05) is 23.2 Å². The number of hydrogen-bond acceptors (Lipinski definition) is 8. The molecule has 0 aliphatic heterocycles. The van der Waals surface area contributed by atoms with E-state index < -0.39 is 4.92 Å². The zero-order valence-electron chi connectivity index (χ0n) is 11.9. The summed E-state index contributed by atoms with van der Waals surface area (Å²) >= 11 is 5.86. The maximum Gasteiger partial charge on any atom is 0.270 e. The molecule has 2 N–H and O–H groups in total. The van der Waals surface area contributed by atoms with Crippen LogP contribution < -0.4 is 10.6 Å². The summed E-state index contributed by atoms with van der Waals surface area (Å²) in [5.41, 5.74) is 0.431. The molecule has 0 spiro atoms. The molecular weight excluding hydrogens is 406 g/mol. The van der Waals surface area contributed by atoms with Crippen molar-refractivity contribution in [2.45, 2.75) is 11.3 Å². The number of amides is 1. The lowest BCUT2D eigenvalue weighted by atomic mass is 10.3. The van der Waals surface area contributed by atoms with Gasteiger partial charge in [0.15, 0.2) is 4.34 Å². The SMILES string of the molecule is CCNc1nnc(SCC(=O)Nc2ccc([N+](=O)[O-])cc2Br)s1. The second-order valence-corrected chi connectivity index (χ2v) is 7.22. The summed E-state index contributed by atoms with van der Waals surface area (Å²) in [4.78, 5) is 22.1. The van der Waals surface area contributed by atoms with Crippen LogP contribution in [0.4, 0.5) is 16.5 Å². The Kier molecular flexibility index (Phi) is 6.30. The summed E-state index contributed by atoms with van der Waals surface area (Å²) < 4.78 is 1.15. The molecule has 122 valence electrons. The average molecular weight is 418 g/mol. The lowest BCUT2D eigenvalue weighted by molar-refractivity contribution is -0.384. The molecule has 8 nitrogen and oxygen atoms in total. The topological polar surface area (TPSA) is 110 Å². The van der Waals surface area contributed by atoms with Crippen molar-refractivity contribution >= 4 is 61.4 Å². The smallest absolute Gasteiger partial charge is 0.270 e. The van der Waals surface area contributed by atoms with Crippen molar-refractivity contribution in [1.82, 2.24) is 10.2 Å². The molecular formula is C12H12BrN5O3S2. The van der Waals surface area contributed by atoms with E-state index in [9.17, 15) is 14.9 Å². The highest BCUT2D eigenvalue weighted by molar-refractivity contribution is 9.10. The highest BCUT2D eigenvalue weighted by Gasteiger charge is 2.12. The van der Waals surface area contributed by atoms with Crippen molar-refractivity contribution < 1.29 is 9.72 Å². The Morgan fingerprint density at radius 2 is 2.26 bits per heavy atom. The van der Waals surface area contributed by atoms with Crippen molar-refractivity contribution in [2.75, 3.05) is 22.9 Å². The molecule has 0 atom stereocenters. The van der Waals surface area contributed by atoms with Gasteiger partial charge in [-0.2, -0.15) is 0 Å². The largest absolute Gasteiger partial charge is 0.360 e. The van der Waals surface area contributed by atoms with E-state index in [0.717, 1.165) is 6.54 Å². The van der Waals surface area contributed by atoms with Gasteiger partial charge in [0.05, 0.1) is 16.4 Å². The predicted octanol–water partition coefficient (Wildman–Crippen LogP) is 3.37. The minimum absolute atomic E-state index is 0.0472. The molecule has 1 aromatic carbocycles. The molecule has 0 fully saturated rings. The van der Waals surface area contributed by atoms with Crippen LogP contribution in [0.2, 0.25) is 0 Å². The van der Waals surface area contributed by atoms with Crippen LogP contribution in [0.1, 0.15) is 6.92 Å². The van der Waals surface area contributed by atoms with E-state index in [1.165, 1.54) is 41.3 Å². The summed E-state index contributed by atoms with van der Waals surface area (Å²) in [7, 11) is 0. The number of nitrogens with zero attached hydrogens (tertiary/aromatic N) is 3. The Balaban J connectivity index is 1.90. The van der Waals surface area contributed by atoms with Gasteiger partial charge in [-0.25, -0.2) is 0 Å². The van der Waals surface area contributed by atoms with Crippen LogP contribution in [-0.2, 0) is 4.79 Å². The zero-order valence-corrected chi connectivity index (χ0v) is 15.1. The minimum atomic E-state index is -0.496. The van der Waals surface area contributed by atoms with Crippen LogP contribution in [0.15, 0.2) is 27.0 Å². The van der Waals surface area contributed by atoms with Gasteiger partial charge < -0.3 is 10.6 Å². The van der Waals surface area contributed by atoms with Gasteiger partial charge in [0.1, 0.15) is 0 Å². The molecule has 0 saturated heterocycles. The number of rotatable bonds is 7. The predicted molar refractivity (Wildman–Crippen MR) is 94.2 cm³/mol. The fourth-order valence-corrected chi connectivity index (χ4v) is 3.61. The van der Waals surface area contributed by atoms with Gasteiger partial charge in [-0.05, 0) is 28.9 Å². The molecule has 1 aromatic heterocycles. The molecule has 2 aromatic rings. The standard InChI is InChI=1S/C12H12BrN5O3S2/c1-2-14-11-16-17-12(23-11)22-6-10(19)15-9-4-3-7(18(20)21)5-8(9)13/h3-5H,2,6H2,1H3,(H,14,16)(H,15,19). The van der Waals surface area contributed by atoms with E-state index in [1.54, 1.807) is 0 Å². The van der Waals surface area contributed by atoms with Crippen molar-refractivity contribution in [1.29, 1.82) is 0 Å². The summed E-state index contributed by atoms with van der Waals surface area (Å²) in [5.74, 6) is -0.0609. The van der Waals surface area contributed by atoms with E-state index in [1.807, 2.05) is 6.92 Å². The van der Waals surface area contributed by atoms with Crippen LogP contribution in [0.5, 0.6) is 0 Å². The van der Waals surface area contributed by atoms with Gasteiger partial charge in [0.2, 0.25) is 11.0 Å². The first-order valence-corrected chi connectivity index (χ1v) is 9.03. The molecule has 11 heteroatoms. The maximum absolute atomic E-state index is 11.9. The number of hydrogen-bond donors (Lipinski definition) is 2. The number of nitrogens with one attached hydrogen (secondary N) is 2. The molecule has 0 aliphatic carbocycles. The molecule has 1 amide bonds. The fraction of sp³-hybridized carbons (Fsp3) is 0.250. The normalized spacial score (nSPS) is 10.3. The fourth-order valence-electron chi connectivity index (χ4n) is 1.52. The first-order valence-electron chi connectivity index (χ1n) is 6.43. The lowest BCUT2D eigenvalue weighted by Crippen LogP contribution is -2.14. The first kappa shape index (κ1) is 17.6. The van der Waals surface area contributed by atoms with E-state index >= 15 is 0 Å². The summed E-state index contributed by atoms with van der Waals surface area (Å²) in [6, 6.07) is 4.16. The highest BCUT2D eigenvalue weighted by atomic mass is 79.9. The zero-order chi connectivity index (χ0) is 16.8. The van der Waals surface area contributed by atoms with Crippen molar-refractivity contribution in [3.05, 3.63) is 32.8 Å². The van der Waals surface area contributed by atoms with Crippen molar-refractivity contribution in [3.8, 4) is 0 Å². The maximum atomic E-state index is 11.9. The number of benzene rings is 1. The molecule has 0 radical (unpaired) electrons. The van der Waals surface area contributed by atoms with Crippen LogP contribution in [-0.4, -0.2) is 33.3 Å². The van der Waals surface area contributed by atoms with Crippen LogP contribution in [0, 0.1) is 10.1 Å². The van der Waals surface area contributed by atoms with Gasteiger partial charge in [0.25, 0.3) is 5.69 Å². The van der Waals surface area contributed by atoms with Crippen LogP contribution in [0.25, 0.3) is 0 Å². The van der Waals surface area contributed by atoms with Gasteiger partial charge in [-0.15, -0.1) is 10.2 Å². The Labute approximate surface area is 148 Å². The van der Waals surface area contributed by atoms with E-state index in [-0.39, 0.29) is 17.3 Å². The summed E-state index contributed by atoms with van der Waals surface area (Å²) in [6.07, 6.45) is 0. The molecule has 2 rings (SSSR count). The summed E-state index contributed by atoms with van der Waals surface area (Å²) in [5, 5.41) is 25.0. The van der Waals surface area contributed by atoms with Crippen LogP contribution in [0.3, 0.4) is 0 Å². The number of non-ortho nitro benzene ring substituents is 1. The number of halogens is 1. The number of carbonyl (C=O) groups excluding carboxylic acids is 1. The molecule has 0 bridgehead atoms. The van der Waals surface area contributed by atoms with Crippen molar-refractivity contribution in [3.63, 3.8) is 0 Å². The highest BCUT2D eigenvalue weighted by Crippen LogP contribution is 2.28. The molecule has 1 heterocycles. The van der Waals surface area contributed by atoms with Gasteiger partial charge >= 0.3 is 0 Å². The number of thioether (sulfide) groups is 1. The molecule has 0 aliphatic rings. The first-order chi connectivity index (χ1) is 11.0. The third-order valence-electron chi connectivity index (χ3n) is 2.50. The van der Waals surface area contributed by atoms with Crippen LogP contribution >= 0.6 is 39.0 Å². The Morgan fingerprint density at radius 3 is 2.91 bits per heavy atom.